The van der Waals surface area contributed by atoms with Gasteiger partial charge in [0.1, 0.15) is 11.3 Å². The van der Waals surface area contributed by atoms with Crippen molar-refractivity contribution in [1.82, 2.24) is 10.4 Å². The van der Waals surface area contributed by atoms with Crippen molar-refractivity contribution < 1.29 is 14.3 Å². The SMILES string of the molecule is CCOC(=O)c1csc(N2NC(c3ccccc3)(c3ccccc3)c3ccc(OC4CCCC4)cc32)n1. The van der Waals surface area contributed by atoms with Gasteiger partial charge < -0.3 is 9.47 Å². The number of rotatable bonds is 7. The summed E-state index contributed by atoms with van der Waals surface area (Å²) in [4.78, 5) is 17.1. The average Bonchev–Trinajstić information content (AvgIpc) is 3.70. The van der Waals surface area contributed by atoms with Crippen LogP contribution in [-0.4, -0.2) is 23.7 Å². The Labute approximate surface area is 220 Å². The summed E-state index contributed by atoms with van der Waals surface area (Å²) in [6, 6.07) is 27.2. The molecule has 0 bridgehead atoms. The van der Waals surface area contributed by atoms with Gasteiger partial charge in [-0.2, -0.15) is 0 Å². The average molecular weight is 512 g/mol. The highest BCUT2D eigenvalue weighted by Gasteiger charge is 2.47. The van der Waals surface area contributed by atoms with Crippen molar-refractivity contribution in [2.75, 3.05) is 11.6 Å². The predicted octanol–water partition coefficient (Wildman–Crippen LogP) is 6.59. The lowest BCUT2D eigenvalue weighted by Gasteiger charge is -2.32. The third-order valence-corrected chi connectivity index (χ3v) is 7.91. The molecule has 37 heavy (non-hydrogen) atoms. The molecule has 2 aliphatic rings. The van der Waals surface area contributed by atoms with Gasteiger partial charge in [-0.15, -0.1) is 11.3 Å². The minimum absolute atomic E-state index is 0.254. The van der Waals surface area contributed by atoms with Crippen LogP contribution in [0.15, 0.2) is 84.2 Å². The van der Waals surface area contributed by atoms with Gasteiger partial charge >= 0.3 is 5.97 Å². The molecule has 3 aromatic carbocycles. The number of nitrogens with zero attached hydrogens (tertiary/aromatic N) is 2. The number of hydrogen-bond donors (Lipinski definition) is 1. The van der Waals surface area contributed by atoms with Crippen molar-refractivity contribution in [2.45, 2.75) is 44.2 Å². The number of thiazole rings is 1. The largest absolute Gasteiger partial charge is 0.490 e. The standard InChI is InChI=1S/C30H29N3O3S/c1-2-35-28(34)26-20-37-29(31-26)33-27-19-24(36-23-15-9-10-16-23)17-18-25(27)30(32-33,21-11-5-3-6-12-21)22-13-7-4-8-14-22/h3-8,11-14,17-20,23,32H,2,9-10,15-16H2,1H3. The zero-order valence-electron chi connectivity index (χ0n) is 20.7. The third kappa shape index (κ3) is 4.28. The van der Waals surface area contributed by atoms with Gasteiger partial charge in [0.05, 0.1) is 18.4 Å². The second-order valence-electron chi connectivity index (χ2n) is 9.37. The summed E-state index contributed by atoms with van der Waals surface area (Å²) in [6.07, 6.45) is 4.86. The molecule has 0 radical (unpaired) electrons. The molecule has 0 atom stereocenters. The number of hydrogen-bond acceptors (Lipinski definition) is 7. The van der Waals surface area contributed by atoms with E-state index in [2.05, 4.69) is 77.1 Å². The Morgan fingerprint density at radius 3 is 2.35 bits per heavy atom. The Kier molecular flexibility index (Phi) is 6.40. The van der Waals surface area contributed by atoms with E-state index >= 15 is 0 Å². The Balaban J connectivity index is 1.50. The van der Waals surface area contributed by atoms with E-state index in [-0.39, 0.29) is 6.10 Å². The van der Waals surface area contributed by atoms with Crippen LogP contribution in [0.1, 0.15) is 59.8 Å². The first-order chi connectivity index (χ1) is 18.2. The van der Waals surface area contributed by atoms with E-state index in [0.717, 1.165) is 41.0 Å². The van der Waals surface area contributed by atoms with Gasteiger partial charge in [-0.3, -0.25) is 0 Å². The van der Waals surface area contributed by atoms with E-state index in [1.54, 1.807) is 12.3 Å². The second kappa shape index (κ2) is 10.00. The highest BCUT2D eigenvalue weighted by molar-refractivity contribution is 7.14. The lowest BCUT2D eigenvalue weighted by atomic mass is 9.78. The fourth-order valence-electron chi connectivity index (χ4n) is 5.37. The molecule has 6 rings (SSSR count). The maximum atomic E-state index is 12.4. The molecule has 1 aliphatic heterocycles. The Hall–Kier alpha value is -3.68. The van der Waals surface area contributed by atoms with E-state index in [1.165, 1.54) is 24.2 Å². The van der Waals surface area contributed by atoms with Crippen LogP contribution in [0, 0.1) is 0 Å². The lowest BCUT2D eigenvalue weighted by molar-refractivity contribution is 0.0520. The molecule has 7 heteroatoms. The van der Waals surface area contributed by atoms with E-state index in [4.69, 9.17) is 9.47 Å². The van der Waals surface area contributed by atoms with Gasteiger partial charge in [0, 0.05) is 17.0 Å². The van der Waals surface area contributed by atoms with Crippen LogP contribution in [0.25, 0.3) is 0 Å². The summed E-state index contributed by atoms with van der Waals surface area (Å²) in [5.41, 5.74) is 7.71. The van der Waals surface area contributed by atoms with Gasteiger partial charge in [0.25, 0.3) is 0 Å². The minimum atomic E-state index is -0.653. The number of hydrazine groups is 1. The molecule has 1 N–H and O–H groups in total. The fourth-order valence-corrected chi connectivity index (χ4v) is 6.14. The maximum absolute atomic E-state index is 12.4. The Morgan fingerprint density at radius 2 is 1.70 bits per heavy atom. The molecule has 6 nitrogen and oxygen atoms in total. The van der Waals surface area contributed by atoms with Crippen molar-refractivity contribution in [3.8, 4) is 5.75 Å². The van der Waals surface area contributed by atoms with Crippen molar-refractivity contribution in [3.05, 3.63) is 107 Å². The molecular formula is C30H29N3O3S. The molecule has 1 aromatic heterocycles. The lowest BCUT2D eigenvalue weighted by Crippen LogP contribution is -2.45. The third-order valence-electron chi connectivity index (χ3n) is 7.08. The maximum Gasteiger partial charge on any atom is 0.357 e. The van der Waals surface area contributed by atoms with Crippen LogP contribution < -0.4 is 15.2 Å². The summed E-state index contributed by atoms with van der Waals surface area (Å²) >= 11 is 1.41. The Bertz CT molecular complexity index is 1340. The molecule has 1 saturated carbocycles. The molecule has 1 aliphatic carbocycles. The van der Waals surface area contributed by atoms with Crippen molar-refractivity contribution >= 4 is 28.1 Å². The summed E-state index contributed by atoms with van der Waals surface area (Å²) in [7, 11) is 0. The number of benzene rings is 3. The number of aromatic nitrogens is 1. The summed E-state index contributed by atoms with van der Waals surface area (Å²) in [6.45, 7) is 2.10. The number of carbonyl (C=O) groups is 1. The smallest absolute Gasteiger partial charge is 0.357 e. The van der Waals surface area contributed by atoms with E-state index in [1.807, 2.05) is 17.1 Å². The molecular weight excluding hydrogens is 482 g/mol. The molecule has 1 fully saturated rings. The van der Waals surface area contributed by atoms with E-state index in [0.29, 0.717) is 17.4 Å². The first-order valence-corrected chi connectivity index (χ1v) is 13.7. The number of ether oxygens (including phenoxy) is 2. The van der Waals surface area contributed by atoms with Crippen LogP contribution in [0.4, 0.5) is 10.8 Å². The predicted molar refractivity (Wildman–Crippen MR) is 145 cm³/mol. The first kappa shape index (κ1) is 23.7. The van der Waals surface area contributed by atoms with Crippen molar-refractivity contribution in [2.24, 2.45) is 0 Å². The molecule has 0 spiro atoms. The van der Waals surface area contributed by atoms with Crippen molar-refractivity contribution in [3.63, 3.8) is 0 Å². The molecule has 2 heterocycles. The van der Waals surface area contributed by atoms with Gasteiger partial charge in [-0.05, 0) is 49.8 Å². The molecule has 4 aromatic rings. The molecule has 0 saturated heterocycles. The quantitative estimate of drug-likeness (QED) is 0.283. The zero-order chi connectivity index (χ0) is 25.2. The molecule has 0 unspecified atom stereocenters. The highest BCUT2D eigenvalue weighted by atomic mass is 32.1. The number of esters is 1. The van der Waals surface area contributed by atoms with Crippen LogP contribution in [0.3, 0.4) is 0 Å². The van der Waals surface area contributed by atoms with E-state index in [9.17, 15) is 4.79 Å². The fraction of sp³-hybridized carbons (Fsp3) is 0.267. The summed E-state index contributed by atoms with van der Waals surface area (Å²) in [5.74, 6) is 0.427. The second-order valence-corrected chi connectivity index (χ2v) is 10.2. The normalized spacial score (nSPS) is 16.5. The van der Waals surface area contributed by atoms with Gasteiger partial charge in [0.15, 0.2) is 5.69 Å². The molecule has 188 valence electrons. The number of carbonyl (C=O) groups excluding carboxylic acids is 1. The van der Waals surface area contributed by atoms with Crippen LogP contribution in [0.2, 0.25) is 0 Å². The number of fused-ring (bicyclic) bond motifs is 1. The minimum Gasteiger partial charge on any atom is -0.490 e. The number of nitrogens with one attached hydrogen (secondary N) is 1. The van der Waals surface area contributed by atoms with Gasteiger partial charge in [-0.25, -0.2) is 20.2 Å². The summed E-state index contributed by atoms with van der Waals surface area (Å²) in [5, 5.41) is 4.40. The Morgan fingerprint density at radius 1 is 1.03 bits per heavy atom. The van der Waals surface area contributed by atoms with E-state index < -0.39 is 11.5 Å². The zero-order valence-corrected chi connectivity index (χ0v) is 21.5. The van der Waals surface area contributed by atoms with Crippen LogP contribution in [-0.2, 0) is 10.3 Å². The topological polar surface area (TPSA) is 63.7 Å². The van der Waals surface area contributed by atoms with Crippen molar-refractivity contribution in [1.29, 1.82) is 0 Å². The van der Waals surface area contributed by atoms with Crippen LogP contribution in [0.5, 0.6) is 5.75 Å². The monoisotopic (exact) mass is 511 g/mol. The first-order valence-electron chi connectivity index (χ1n) is 12.8. The van der Waals surface area contributed by atoms with Crippen LogP contribution >= 0.6 is 11.3 Å². The number of anilines is 2. The summed E-state index contributed by atoms with van der Waals surface area (Å²) < 4.78 is 11.6. The molecule has 0 amide bonds. The van der Waals surface area contributed by atoms with Gasteiger partial charge in [0.2, 0.25) is 5.13 Å². The van der Waals surface area contributed by atoms with Gasteiger partial charge in [-0.1, -0.05) is 66.7 Å². The highest BCUT2D eigenvalue weighted by Crippen LogP contribution is 2.50.